The standard InChI is InChI=1S/C18H21N5O2/c19-18(25)21-11-13-3-5-14(6-4-13)17(24)22-15-7-8-16(20-12-15)23-9-1-2-10-23/h3-8,12H,1-2,9-11H2,(H,22,24)(H3,19,21,25). The summed E-state index contributed by atoms with van der Waals surface area (Å²) in [5.74, 6) is 0.743. The highest BCUT2D eigenvalue weighted by molar-refractivity contribution is 6.04. The van der Waals surface area contributed by atoms with Crippen LogP contribution >= 0.6 is 0 Å². The van der Waals surface area contributed by atoms with Gasteiger partial charge in [0, 0.05) is 25.2 Å². The molecule has 0 spiro atoms. The van der Waals surface area contributed by atoms with Gasteiger partial charge in [0.2, 0.25) is 0 Å². The minimum Gasteiger partial charge on any atom is -0.357 e. The second kappa shape index (κ2) is 7.65. The van der Waals surface area contributed by atoms with E-state index < -0.39 is 6.03 Å². The quantitative estimate of drug-likeness (QED) is 0.776. The number of rotatable bonds is 5. The van der Waals surface area contributed by atoms with E-state index in [1.807, 2.05) is 12.1 Å². The zero-order chi connectivity index (χ0) is 17.6. The molecule has 130 valence electrons. The Kier molecular flexibility index (Phi) is 5.13. The normalized spacial score (nSPS) is 13.5. The number of benzene rings is 1. The van der Waals surface area contributed by atoms with E-state index in [1.165, 1.54) is 12.8 Å². The fraction of sp³-hybridized carbons (Fsp3) is 0.278. The monoisotopic (exact) mass is 339 g/mol. The second-order valence-electron chi connectivity index (χ2n) is 5.97. The fourth-order valence-electron chi connectivity index (χ4n) is 2.76. The molecule has 0 bridgehead atoms. The smallest absolute Gasteiger partial charge is 0.312 e. The third-order valence-corrected chi connectivity index (χ3v) is 4.12. The molecule has 7 nitrogen and oxygen atoms in total. The maximum atomic E-state index is 12.3. The molecule has 1 aromatic heterocycles. The van der Waals surface area contributed by atoms with Gasteiger partial charge < -0.3 is 21.3 Å². The summed E-state index contributed by atoms with van der Waals surface area (Å²) >= 11 is 0. The third kappa shape index (κ3) is 4.47. The van der Waals surface area contributed by atoms with Crippen molar-refractivity contribution in [3.8, 4) is 0 Å². The predicted octanol–water partition coefficient (Wildman–Crippen LogP) is 2.10. The number of nitrogens with zero attached hydrogens (tertiary/aromatic N) is 2. The van der Waals surface area contributed by atoms with Crippen LogP contribution in [0.2, 0.25) is 0 Å². The van der Waals surface area contributed by atoms with Crippen LogP contribution in [0.3, 0.4) is 0 Å². The van der Waals surface area contributed by atoms with Crippen LogP contribution < -0.4 is 21.3 Å². The van der Waals surface area contributed by atoms with E-state index in [2.05, 4.69) is 20.5 Å². The topological polar surface area (TPSA) is 100 Å². The summed E-state index contributed by atoms with van der Waals surface area (Å²) < 4.78 is 0. The molecule has 3 rings (SSSR count). The van der Waals surface area contributed by atoms with Crippen molar-refractivity contribution in [2.45, 2.75) is 19.4 Å². The van der Waals surface area contributed by atoms with Gasteiger partial charge >= 0.3 is 6.03 Å². The van der Waals surface area contributed by atoms with E-state index in [4.69, 9.17) is 5.73 Å². The number of urea groups is 1. The molecule has 4 N–H and O–H groups in total. The summed E-state index contributed by atoms with van der Waals surface area (Å²) in [6, 6.07) is 10.2. The summed E-state index contributed by atoms with van der Waals surface area (Å²) in [5.41, 5.74) is 7.09. The van der Waals surface area contributed by atoms with Gasteiger partial charge in [-0.25, -0.2) is 9.78 Å². The minimum atomic E-state index is -0.577. The van der Waals surface area contributed by atoms with Crippen LogP contribution in [0.5, 0.6) is 0 Å². The van der Waals surface area contributed by atoms with Gasteiger partial charge in [0.25, 0.3) is 5.91 Å². The van der Waals surface area contributed by atoms with E-state index in [-0.39, 0.29) is 5.91 Å². The number of carbonyl (C=O) groups is 2. The Morgan fingerprint density at radius 3 is 2.40 bits per heavy atom. The Balaban J connectivity index is 1.58. The molecule has 0 unspecified atom stereocenters. The molecular formula is C18H21N5O2. The average molecular weight is 339 g/mol. The van der Waals surface area contributed by atoms with Crippen LogP contribution in [0, 0.1) is 0 Å². The highest BCUT2D eigenvalue weighted by Crippen LogP contribution is 2.19. The van der Waals surface area contributed by atoms with Crippen molar-refractivity contribution in [3.05, 3.63) is 53.7 Å². The molecule has 1 aliphatic heterocycles. The van der Waals surface area contributed by atoms with Crippen LogP contribution in [-0.4, -0.2) is 30.0 Å². The number of amides is 3. The van der Waals surface area contributed by atoms with Gasteiger partial charge in [-0.15, -0.1) is 0 Å². The molecule has 1 fully saturated rings. The molecular weight excluding hydrogens is 318 g/mol. The zero-order valence-electron chi connectivity index (χ0n) is 13.9. The van der Waals surface area contributed by atoms with Crippen molar-refractivity contribution in [1.29, 1.82) is 0 Å². The van der Waals surface area contributed by atoms with Crippen LogP contribution in [0.15, 0.2) is 42.6 Å². The van der Waals surface area contributed by atoms with Gasteiger partial charge in [-0.3, -0.25) is 4.79 Å². The number of aromatic nitrogens is 1. The van der Waals surface area contributed by atoms with Gasteiger partial charge in [-0.2, -0.15) is 0 Å². The summed E-state index contributed by atoms with van der Waals surface area (Å²) in [6.07, 6.45) is 4.08. The molecule has 0 atom stereocenters. The second-order valence-corrected chi connectivity index (χ2v) is 5.97. The number of primary amides is 1. The van der Waals surface area contributed by atoms with Crippen molar-refractivity contribution in [1.82, 2.24) is 10.3 Å². The number of pyridine rings is 1. The zero-order valence-corrected chi connectivity index (χ0v) is 13.9. The first-order valence-corrected chi connectivity index (χ1v) is 8.26. The summed E-state index contributed by atoms with van der Waals surface area (Å²) in [4.78, 5) is 29.7. The van der Waals surface area contributed by atoms with Crippen LogP contribution in [0.1, 0.15) is 28.8 Å². The van der Waals surface area contributed by atoms with Gasteiger partial charge in [-0.05, 0) is 42.7 Å². The van der Waals surface area contributed by atoms with Gasteiger partial charge in [-0.1, -0.05) is 12.1 Å². The molecule has 0 radical (unpaired) electrons. The molecule has 0 aliphatic carbocycles. The maximum Gasteiger partial charge on any atom is 0.312 e. The lowest BCUT2D eigenvalue weighted by Crippen LogP contribution is -2.28. The van der Waals surface area contributed by atoms with E-state index in [1.54, 1.807) is 30.5 Å². The highest BCUT2D eigenvalue weighted by atomic mass is 16.2. The van der Waals surface area contributed by atoms with Gasteiger partial charge in [0.1, 0.15) is 5.82 Å². The molecule has 7 heteroatoms. The Morgan fingerprint density at radius 1 is 1.08 bits per heavy atom. The predicted molar refractivity (Wildman–Crippen MR) is 96.5 cm³/mol. The number of carbonyl (C=O) groups excluding carboxylic acids is 2. The molecule has 1 aromatic carbocycles. The Bertz CT molecular complexity index is 737. The maximum absolute atomic E-state index is 12.3. The molecule has 1 aliphatic rings. The van der Waals surface area contributed by atoms with Gasteiger partial charge in [0.05, 0.1) is 11.9 Å². The Morgan fingerprint density at radius 2 is 1.80 bits per heavy atom. The number of hydrogen-bond donors (Lipinski definition) is 3. The Labute approximate surface area is 146 Å². The first-order chi connectivity index (χ1) is 12.1. The van der Waals surface area contributed by atoms with Gasteiger partial charge in [0.15, 0.2) is 0 Å². The van der Waals surface area contributed by atoms with E-state index >= 15 is 0 Å². The minimum absolute atomic E-state index is 0.204. The van der Waals surface area contributed by atoms with Crippen molar-refractivity contribution in [2.24, 2.45) is 5.73 Å². The van der Waals surface area contributed by atoms with Crippen molar-refractivity contribution in [3.63, 3.8) is 0 Å². The van der Waals surface area contributed by atoms with Crippen molar-refractivity contribution >= 4 is 23.4 Å². The average Bonchev–Trinajstić information content (AvgIpc) is 3.15. The summed E-state index contributed by atoms with van der Waals surface area (Å²) in [7, 11) is 0. The molecule has 25 heavy (non-hydrogen) atoms. The number of nitrogens with two attached hydrogens (primary N) is 1. The van der Waals surface area contributed by atoms with Crippen LogP contribution in [-0.2, 0) is 6.54 Å². The lowest BCUT2D eigenvalue weighted by Gasteiger charge is -2.16. The number of anilines is 2. The largest absolute Gasteiger partial charge is 0.357 e. The van der Waals surface area contributed by atoms with Crippen LogP contribution in [0.4, 0.5) is 16.3 Å². The van der Waals surface area contributed by atoms with Crippen molar-refractivity contribution < 1.29 is 9.59 Å². The first-order valence-electron chi connectivity index (χ1n) is 8.26. The molecule has 1 saturated heterocycles. The third-order valence-electron chi connectivity index (χ3n) is 4.12. The lowest BCUT2D eigenvalue weighted by molar-refractivity contribution is 0.102. The summed E-state index contributed by atoms with van der Waals surface area (Å²) in [6.45, 7) is 2.41. The Hall–Kier alpha value is -3.09. The lowest BCUT2D eigenvalue weighted by atomic mass is 10.1. The number of hydrogen-bond acceptors (Lipinski definition) is 4. The number of nitrogens with one attached hydrogen (secondary N) is 2. The summed E-state index contributed by atoms with van der Waals surface area (Å²) in [5, 5.41) is 5.34. The molecule has 0 saturated carbocycles. The fourth-order valence-corrected chi connectivity index (χ4v) is 2.76. The highest BCUT2D eigenvalue weighted by Gasteiger charge is 2.13. The first kappa shape index (κ1) is 16.8. The molecule has 2 heterocycles. The van der Waals surface area contributed by atoms with E-state index in [9.17, 15) is 9.59 Å². The van der Waals surface area contributed by atoms with E-state index in [0.29, 0.717) is 17.8 Å². The van der Waals surface area contributed by atoms with E-state index in [0.717, 1.165) is 24.5 Å². The van der Waals surface area contributed by atoms with Crippen molar-refractivity contribution in [2.75, 3.05) is 23.3 Å². The molecule has 3 amide bonds. The van der Waals surface area contributed by atoms with Crippen LogP contribution in [0.25, 0.3) is 0 Å². The SMILES string of the molecule is NC(=O)NCc1ccc(C(=O)Nc2ccc(N3CCCC3)nc2)cc1. The molecule has 2 aromatic rings.